The number of aromatic nitrogens is 3. The minimum Gasteiger partial charge on any atom is -0.351 e. The fourth-order valence-corrected chi connectivity index (χ4v) is 4.28. The van der Waals surface area contributed by atoms with E-state index in [0.29, 0.717) is 10.8 Å². The first-order valence-corrected chi connectivity index (χ1v) is 9.98. The topological polar surface area (TPSA) is 46.0 Å². The number of anilines is 1. The predicted molar refractivity (Wildman–Crippen MR) is 118 cm³/mol. The number of benzene rings is 1. The number of para-hydroxylation sites is 1. The van der Waals surface area contributed by atoms with Crippen LogP contribution in [0.1, 0.15) is 23.5 Å². The summed E-state index contributed by atoms with van der Waals surface area (Å²) < 4.78 is 16.9. The van der Waals surface area contributed by atoms with Gasteiger partial charge in [0.15, 0.2) is 5.11 Å². The van der Waals surface area contributed by atoms with Crippen LogP contribution in [0.25, 0.3) is 5.69 Å². The van der Waals surface area contributed by atoms with Crippen molar-refractivity contribution >= 4 is 23.0 Å². The lowest BCUT2D eigenvalue weighted by Gasteiger charge is -2.29. The van der Waals surface area contributed by atoms with Crippen molar-refractivity contribution < 1.29 is 4.39 Å². The highest BCUT2D eigenvalue weighted by atomic mass is 32.1. The van der Waals surface area contributed by atoms with E-state index >= 15 is 0 Å². The maximum absolute atomic E-state index is 14.8. The van der Waals surface area contributed by atoms with Gasteiger partial charge in [0.05, 0.1) is 17.4 Å². The van der Waals surface area contributed by atoms with Gasteiger partial charge in [0, 0.05) is 36.2 Å². The van der Waals surface area contributed by atoms with Crippen molar-refractivity contribution in [3.8, 4) is 5.69 Å². The molecule has 1 aliphatic rings. The fraction of sp³-hybridized carbons (Fsp3) is 0.0870. The van der Waals surface area contributed by atoms with E-state index in [2.05, 4.69) is 19.9 Å². The van der Waals surface area contributed by atoms with Gasteiger partial charge in [0.1, 0.15) is 11.9 Å². The van der Waals surface area contributed by atoms with E-state index in [9.17, 15) is 4.39 Å². The molecule has 1 saturated heterocycles. The van der Waals surface area contributed by atoms with Crippen LogP contribution >= 0.6 is 12.2 Å². The van der Waals surface area contributed by atoms with Crippen molar-refractivity contribution in [3.05, 3.63) is 109 Å². The molecule has 4 aromatic rings. The number of hydrogen-bond donors (Lipinski definition) is 1. The molecule has 1 aromatic carbocycles. The van der Waals surface area contributed by atoms with Gasteiger partial charge < -0.3 is 14.8 Å². The van der Waals surface area contributed by atoms with Crippen LogP contribution in [-0.4, -0.2) is 19.6 Å². The molecule has 5 nitrogen and oxygen atoms in total. The number of rotatable bonds is 4. The molecule has 0 radical (unpaired) electrons. The minimum absolute atomic E-state index is 0.242. The molecular formula is C23H18FN5S. The molecule has 0 aliphatic carbocycles. The molecule has 0 spiro atoms. The quantitative estimate of drug-likeness (QED) is 0.494. The van der Waals surface area contributed by atoms with Crippen LogP contribution < -0.4 is 10.2 Å². The SMILES string of the molecule is Fc1ccccc1N1C(=S)NC(c2ccccn2)C1c1cccn1-c1ccncc1. The molecule has 1 fully saturated rings. The number of halogens is 1. The predicted octanol–water partition coefficient (Wildman–Crippen LogP) is 4.58. The molecule has 30 heavy (non-hydrogen) atoms. The van der Waals surface area contributed by atoms with Gasteiger partial charge in [-0.15, -0.1) is 0 Å². The Morgan fingerprint density at radius 1 is 0.900 bits per heavy atom. The molecule has 0 amide bonds. The first-order chi connectivity index (χ1) is 14.7. The van der Waals surface area contributed by atoms with Crippen LogP contribution in [0, 0.1) is 5.82 Å². The van der Waals surface area contributed by atoms with Gasteiger partial charge in [-0.05, 0) is 60.7 Å². The number of pyridine rings is 2. The number of thiocarbonyl (C=S) groups is 1. The highest BCUT2D eigenvalue weighted by Crippen LogP contribution is 2.42. The van der Waals surface area contributed by atoms with E-state index in [-0.39, 0.29) is 17.9 Å². The fourth-order valence-electron chi connectivity index (χ4n) is 3.94. The molecule has 2 unspecified atom stereocenters. The molecule has 148 valence electrons. The average molecular weight is 415 g/mol. The third-order valence-electron chi connectivity index (χ3n) is 5.23. The molecule has 7 heteroatoms. The van der Waals surface area contributed by atoms with E-state index in [1.807, 2.05) is 59.6 Å². The Balaban J connectivity index is 1.69. The van der Waals surface area contributed by atoms with Gasteiger partial charge in [-0.25, -0.2) is 4.39 Å². The number of hydrogen-bond acceptors (Lipinski definition) is 3. The average Bonchev–Trinajstić information content (AvgIpc) is 3.40. The third-order valence-corrected chi connectivity index (χ3v) is 5.55. The van der Waals surface area contributed by atoms with Gasteiger partial charge in [-0.2, -0.15) is 0 Å². The zero-order chi connectivity index (χ0) is 20.5. The van der Waals surface area contributed by atoms with Gasteiger partial charge in [-0.3, -0.25) is 9.97 Å². The Morgan fingerprint density at radius 3 is 2.47 bits per heavy atom. The number of nitrogens with one attached hydrogen (secondary N) is 1. The normalized spacial score (nSPS) is 18.4. The van der Waals surface area contributed by atoms with E-state index < -0.39 is 0 Å². The van der Waals surface area contributed by atoms with Crippen LogP contribution in [0.3, 0.4) is 0 Å². The van der Waals surface area contributed by atoms with Crippen LogP contribution in [0.5, 0.6) is 0 Å². The van der Waals surface area contributed by atoms with Crippen molar-refractivity contribution in [1.82, 2.24) is 19.9 Å². The summed E-state index contributed by atoms with van der Waals surface area (Å²) in [5.74, 6) is -0.324. The standard InChI is InChI=1S/C23H18FN5S/c24-17-6-1-2-8-19(17)29-22(21(27-23(29)30)18-7-3-4-12-26-18)20-9-5-15-28(20)16-10-13-25-14-11-16/h1-15,21-22H,(H,27,30). The van der Waals surface area contributed by atoms with Crippen LogP contribution in [-0.2, 0) is 0 Å². The molecule has 3 aromatic heterocycles. The lowest BCUT2D eigenvalue weighted by molar-refractivity contribution is 0.542. The molecule has 0 bridgehead atoms. The summed E-state index contributed by atoms with van der Waals surface area (Å²) in [5.41, 5.74) is 3.20. The third kappa shape index (κ3) is 3.13. The van der Waals surface area contributed by atoms with E-state index in [4.69, 9.17) is 12.2 Å². The summed E-state index contributed by atoms with van der Waals surface area (Å²) in [6, 6.07) is 19.8. The van der Waals surface area contributed by atoms with E-state index in [1.54, 1.807) is 30.7 Å². The second-order valence-corrected chi connectivity index (χ2v) is 7.34. The minimum atomic E-state index is -0.324. The maximum atomic E-state index is 14.8. The van der Waals surface area contributed by atoms with Crippen molar-refractivity contribution in [2.24, 2.45) is 0 Å². The van der Waals surface area contributed by atoms with Crippen molar-refractivity contribution in [2.45, 2.75) is 12.1 Å². The Hall–Kier alpha value is -3.58. The van der Waals surface area contributed by atoms with Gasteiger partial charge in [0.2, 0.25) is 0 Å². The molecule has 2 atom stereocenters. The van der Waals surface area contributed by atoms with Gasteiger partial charge in [-0.1, -0.05) is 18.2 Å². The van der Waals surface area contributed by atoms with E-state index in [1.165, 1.54) is 6.07 Å². The van der Waals surface area contributed by atoms with Crippen LogP contribution in [0.2, 0.25) is 0 Å². The number of nitrogens with zero attached hydrogens (tertiary/aromatic N) is 4. The summed E-state index contributed by atoms with van der Waals surface area (Å²) in [6.07, 6.45) is 7.24. The van der Waals surface area contributed by atoms with Crippen molar-refractivity contribution in [1.29, 1.82) is 0 Å². The van der Waals surface area contributed by atoms with Crippen molar-refractivity contribution in [2.75, 3.05) is 4.90 Å². The van der Waals surface area contributed by atoms with Crippen LogP contribution in [0.4, 0.5) is 10.1 Å². The lowest BCUT2D eigenvalue weighted by Crippen LogP contribution is -2.31. The first kappa shape index (κ1) is 18.4. The summed E-state index contributed by atoms with van der Waals surface area (Å²) in [4.78, 5) is 10.5. The lowest BCUT2D eigenvalue weighted by atomic mass is 10.0. The Labute approximate surface area is 178 Å². The summed E-state index contributed by atoms with van der Waals surface area (Å²) in [5, 5.41) is 3.83. The Kier molecular flexibility index (Phi) is 4.72. The second-order valence-electron chi connectivity index (χ2n) is 6.96. The smallest absolute Gasteiger partial charge is 0.174 e. The van der Waals surface area contributed by atoms with E-state index in [0.717, 1.165) is 17.1 Å². The zero-order valence-electron chi connectivity index (χ0n) is 15.9. The summed E-state index contributed by atoms with van der Waals surface area (Å²) in [7, 11) is 0. The largest absolute Gasteiger partial charge is 0.351 e. The summed E-state index contributed by atoms with van der Waals surface area (Å²) in [6.45, 7) is 0. The molecule has 1 N–H and O–H groups in total. The van der Waals surface area contributed by atoms with Gasteiger partial charge in [0.25, 0.3) is 0 Å². The zero-order valence-corrected chi connectivity index (χ0v) is 16.7. The maximum Gasteiger partial charge on any atom is 0.174 e. The molecule has 1 aliphatic heterocycles. The first-order valence-electron chi connectivity index (χ1n) is 9.57. The summed E-state index contributed by atoms with van der Waals surface area (Å²) >= 11 is 5.67. The molecule has 5 rings (SSSR count). The second kappa shape index (κ2) is 7.68. The van der Waals surface area contributed by atoms with Crippen molar-refractivity contribution in [3.63, 3.8) is 0 Å². The van der Waals surface area contributed by atoms with Gasteiger partial charge >= 0.3 is 0 Å². The van der Waals surface area contributed by atoms with Crippen LogP contribution in [0.15, 0.2) is 91.5 Å². The molecular weight excluding hydrogens is 397 g/mol. The molecule has 4 heterocycles. The highest BCUT2D eigenvalue weighted by Gasteiger charge is 2.42. The Bertz CT molecular complexity index is 1180. The molecule has 0 saturated carbocycles. The Morgan fingerprint density at radius 2 is 1.70 bits per heavy atom. The monoisotopic (exact) mass is 415 g/mol. The highest BCUT2D eigenvalue weighted by molar-refractivity contribution is 7.80.